The van der Waals surface area contributed by atoms with Crippen LogP contribution in [0.4, 0.5) is 5.69 Å². The number of rotatable bonds is 3. The minimum Gasteiger partial charge on any atom is -0.398 e. The molecule has 0 radical (unpaired) electrons. The van der Waals surface area contributed by atoms with Crippen molar-refractivity contribution in [2.24, 2.45) is 11.8 Å². The Labute approximate surface area is 83.5 Å². The Morgan fingerprint density at radius 3 is 2.93 bits per heavy atom. The van der Waals surface area contributed by atoms with Crippen molar-refractivity contribution < 1.29 is 0 Å². The first-order chi connectivity index (χ1) is 6.70. The minimum atomic E-state index is 0.0564. The van der Waals surface area contributed by atoms with E-state index in [1.165, 1.54) is 12.8 Å². The molecule has 0 unspecified atom stereocenters. The first-order valence-corrected chi connectivity index (χ1v) is 5.16. The second-order valence-electron chi connectivity index (χ2n) is 4.12. The summed E-state index contributed by atoms with van der Waals surface area (Å²) in [5.74, 6) is 1.52. The van der Waals surface area contributed by atoms with Crippen LogP contribution in [-0.4, -0.2) is 4.57 Å². The molecule has 1 aliphatic carbocycles. The van der Waals surface area contributed by atoms with Gasteiger partial charge < -0.3 is 10.3 Å². The fourth-order valence-corrected chi connectivity index (χ4v) is 1.98. The highest BCUT2D eigenvalue weighted by Gasteiger charge is 2.35. The van der Waals surface area contributed by atoms with E-state index in [0.717, 1.165) is 12.5 Å². The van der Waals surface area contributed by atoms with E-state index < -0.39 is 0 Å². The van der Waals surface area contributed by atoms with Gasteiger partial charge in [-0.3, -0.25) is 4.79 Å². The lowest BCUT2D eigenvalue weighted by Crippen LogP contribution is -2.20. The smallest absolute Gasteiger partial charge is 0.250 e. The average molecular weight is 192 g/mol. The van der Waals surface area contributed by atoms with Gasteiger partial charge in [-0.2, -0.15) is 0 Å². The Hall–Kier alpha value is -1.25. The predicted molar refractivity (Wildman–Crippen MR) is 57.0 cm³/mol. The van der Waals surface area contributed by atoms with Crippen LogP contribution in [0, 0.1) is 11.8 Å². The second-order valence-corrected chi connectivity index (χ2v) is 4.12. The second kappa shape index (κ2) is 3.48. The first-order valence-electron chi connectivity index (χ1n) is 5.16. The van der Waals surface area contributed by atoms with Gasteiger partial charge in [0.25, 0.3) is 5.56 Å². The molecule has 0 amide bonds. The number of pyridine rings is 1. The lowest BCUT2D eigenvalue weighted by molar-refractivity contribution is 0.557. The summed E-state index contributed by atoms with van der Waals surface area (Å²) in [6.07, 6.45) is 4.23. The molecule has 0 aliphatic heterocycles. The predicted octanol–water partition coefficient (Wildman–Crippen LogP) is 1.48. The Bertz CT molecular complexity index is 383. The van der Waals surface area contributed by atoms with E-state index in [1.807, 2.05) is 0 Å². The van der Waals surface area contributed by atoms with E-state index in [4.69, 9.17) is 5.73 Å². The summed E-state index contributed by atoms with van der Waals surface area (Å²) in [6, 6.07) is 3.20. The first kappa shape index (κ1) is 9.31. The molecule has 2 rings (SSSR count). The molecule has 1 saturated carbocycles. The third kappa shape index (κ3) is 1.81. The molecule has 0 bridgehead atoms. The standard InChI is InChI=1S/C11H16N2O/c1-2-8-5-9(8)6-13-7-10(12)3-4-11(13)14/h3-4,7-9H,2,5-6,12H2,1H3/t8-,9+/m1/s1. The van der Waals surface area contributed by atoms with E-state index >= 15 is 0 Å². The summed E-state index contributed by atoms with van der Waals surface area (Å²) in [6.45, 7) is 3.04. The van der Waals surface area contributed by atoms with E-state index in [1.54, 1.807) is 22.9 Å². The van der Waals surface area contributed by atoms with Crippen LogP contribution in [-0.2, 0) is 6.54 Å². The number of nitrogens with zero attached hydrogens (tertiary/aromatic N) is 1. The van der Waals surface area contributed by atoms with Crippen LogP contribution >= 0.6 is 0 Å². The summed E-state index contributed by atoms with van der Waals surface area (Å²) < 4.78 is 1.73. The van der Waals surface area contributed by atoms with Gasteiger partial charge in [0.1, 0.15) is 0 Å². The van der Waals surface area contributed by atoms with Crippen LogP contribution < -0.4 is 11.3 Å². The van der Waals surface area contributed by atoms with E-state index in [2.05, 4.69) is 6.92 Å². The molecule has 1 aliphatic rings. The molecule has 3 heteroatoms. The molecule has 1 aromatic rings. The lowest BCUT2D eigenvalue weighted by atomic mass is 10.2. The Balaban J connectivity index is 2.10. The number of anilines is 1. The molecule has 3 nitrogen and oxygen atoms in total. The van der Waals surface area contributed by atoms with Crippen LogP contribution in [0.5, 0.6) is 0 Å². The van der Waals surface area contributed by atoms with Crippen LogP contribution in [0.2, 0.25) is 0 Å². The number of hydrogen-bond acceptors (Lipinski definition) is 2. The monoisotopic (exact) mass is 192 g/mol. The molecule has 76 valence electrons. The van der Waals surface area contributed by atoms with Crippen LogP contribution in [0.15, 0.2) is 23.1 Å². The van der Waals surface area contributed by atoms with Gasteiger partial charge in [-0.1, -0.05) is 13.3 Å². The van der Waals surface area contributed by atoms with Gasteiger partial charge in [-0.15, -0.1) is 0 Å². The average Bonchev–Trinajstić information content (AvgIpc) is 2.90. The van der Waals surface area contributed by atoms with Gasteiger partial charge in [0, 0.05) is 24.5 Å². The number of hydrogen-bond donors (Lipinski definition) is 1. The highest BCUT2D eigenvalue weighted by atomic mass is 16.1. The zero-order valence-electron chi connectivity index (χ0n) is 8.44. The van der Waals surface area contributed by atoms with Gasteiger partial charge in [0.15, 0.2) is 0 Å². The van der Waals surface area contributed by atoms with Crippen molar-refractivity contribution in [3.05, 3.63) is 28.7 Å². The third-order valence-corrected chi connectivity index (χ3v) is 3.03. The molecular formula is C11H16N2O. The van der Waals surface area contributed by atoms with Crippen molar-refractivity contribution in [2.75, 3.05) is 5.73 Å². The maximum absolute atomic E-state index is 11.4. The molecule has 2 atom stereocenters. The number of nitrogen functional groups attached to an aromatic ring is 1. The van der Waals surface area contributed by atoms with Crippen molar-refractivity contribution in [3.63, 3.8) is 0 Å². The maximum atomic E-state index is 11.4. The molecule has 14 heavy (non-hydrogen) atoms. The summed E-state index contributed by atoms with van der Waals surface area (Å²) >= 11 is 0. The molecule has 0 spiro atoms. The Kier molecular flexibility index (Phi) is 2.32. The van der Waals surface area contributed by atoms with Gasteiger partial charge in [0.05, 0.1) is 0 Å². The normalized spacial score (nSPS) is 24.9. The largest absolute Gasteiger partial charge is 0.398 e. The zero-order valence-corrected chi connectivity index (χ0v) is 8.44. The fraction of sp³-hybridized carbons (Fsp3) is 0.545. The minimum absolute atomic E-state index is 0.0564. The number of nitrogens with two attached hydrogens (primary N) is 1. The fourth-order valence-electron chi connectivity index (χ4n) is 1.98. The van der Waals surface area contributed by atoms with Crippen molar-refractivity contribution in [1.29, 1.82) is 0 Å². The molecule has 0 aromatic carbocycles. The van der Waals surface area contributed by atoms with Crippen LogP contribution in [0.1, 0.15) is 19.8 Å². The summed E-state index contributed by atoms with van der Waals surface area (Å²) in [4.78, 5) is 11.4. The van der Waals surface area contributed by atoms with Crippen molar-refractivity contribution in [1.82, 2.24) is 4.57 Å². The molecular weight excluding hydrogens is 176 g/mol. The lowest BCUT2D eigenvalue weighted by Gasteiger charge is -2.05. The Morgan fingerprint density at radius 2 is 2.29 bits per heavy atom. The van der Waals surface area contributed by atoms with E-state index in [0.29, 0.717) is 11.6 Å². The van der Waals surface area contributed by atoms with Crippen molar-refractivity contribution in [3.8, 4) is 0 Å². The van der Waals surface area contributed by atoms with Crippen LogP contribution in [0.3, 0.4) is 0 Å². The topological polar surface area (TPSA) is 48.0 Å². The van der Waals surface area contributed by atoms with Crippen LogP contribution in [0.25, 0.3) is 0 Å². The van der Waals surface area contributed by atoms with Gasteiger partial charge in [0.2, 0.25) is 0 Å². The quantitative estimate of drug-likeness (QED) is 0.788. The number of aromatic nitrogens is 1. The molecule has 1 heterocycles. The van der Waals surface area contributed by atoms with Crippen molar-refractivity contribution >= 4 is 5.69 Å². The highest BCUT2D eigenvalue weighted by Crippen LogP contribution is 2.41. The molecule has 2 N–H and O–H groups in total. The van der Waals surface area contributed by atoms with Gasteiger partial charge >= 0.3 is 0 Å². The summed E-state index contributed by atoms with van der Waals surface area (Å²) in [5.41, 5.74) is 6.35. The van der Waals surface area contributed by atoms with E-state index in [9.17, 15) is 4.79 Å². The molecule has 0 saturated heterocycles. The molecule has 1 aromatic heterocycles. The third-order valence-electron chi connectivity index (χ3n) is 3.03. The van der Waals surface area contributed by atoms with Gasteiger partial charge in [-0.05, 0) is 24.3 Å². The van der Waals surface area contributed by atoms with E-state index in [-0.39, 0.29) is 5.56 Å². The highest BCUT2D eigenvalue weighted by molar-refractivity contribution is 5.33. The van der Waals surface area contributed by atoms with Gasteiger partial charge in [-0.25, -0.2) is 0 Å². The Morgan fingerprint density at radius 1 is 1.50 bits per heavy atom. The van der Waals surface area contributed by atoms with Crippen molar-refractivity contribution in [2.45, 2.75) is 26.3 Å². The zero-order chi connectivity index (χ0) is 10.1. The molecule has 1 fully saturated rings. The maximum Gasteiger partial charge on any atom is 0.250 e. The summed E-state index contributed by atoms with van der Waals surface area (Å²) in [7, 11) is 0. The SMILES string of the molecule is CC[C@@H]1C[C@H]1Cn1cc(N)ccc1=O. The summed E-state index contributed by atoms with van der Waals surface area (Å²) in [5, 5.41) is 0.